The molecule has 3 aromatic rings. The molecule has 0 unspecified atom stereocenters. The quantitative estimate of drug-likeness (QED) is 0.324. The lowest BCUT2D eigenvalue weighted by Gasteiger charge is -2.41. The van der Waals surface area contributed by atoms with Crippen molar-refractivity contribution >= 4 is 28.9 Å². The molecule has 41 heavy (non-hydrogen) atoms. The molecule has 0 atom stereocenters. The molecule has 0 bridgehead atoms. The van der Waals surface area contributed by atoms with E-state index in [4.69, 9.17) is 26.8 Å². The van der Waals surface area contributed by atoms with Gasteiger partial charge in [0.05, 0.1) is 30.4 Å². The monoisotopic (exact) mass is 591 g/mol. The Bertz CT molecular complexity index is 1420. The van der Waals surface area contributed by atoms with Gasteiger partial charge >= 0.3 is 6.18 Å². The maximum absolute atomic E-state index is 15.1. The number of benzene rings is 3. The Hall–Kier alpha value is -3.50. The van der Waals surface area contributed by atoms with E-state index in [1.54, 1.807) is 24.1 Å². The Labute approximate surface area is 240 Å². The molecule has 0 spiro atoms. The van der Waals surface area contributed by atoms with Gasteiger partial charge in [-0.15, -0.1) is 0 Å². The Morgan fingerprint density at radius 1 is 1.02 bits per heavy atom. The first-order valence-corrected chi connectivity index (χ1v) is 13.6. The van der Waals surface area contributed by atoms with Gasteiger partial charge in [0.25, 0.3) is 0 Å². The van der Waals surface area contributed by atoms with Gasteiger partial charge in [0, 0.05) is 35.8 Å². The molecule has 0 aromatic heterocycles. The number of piperidine rings is 1. The standard InChI is InChI=1S/C30H30ClF4N3O3/c1-40-21-5-2-19(3-6-21)17-38-27(39)11-7-22-26(10-8-24(32)28(22)38)41-18-29(36)12-14-37(15-13-29)25-9-4-20(31)16-23(25)30(33,34)35/h2-6,8-10,16H,7,11-15,17-18,36H2,1H3. The van der Waals surface area contributed by atoms with Crippen LogP contribution < -0.4 is 25.0 Å². The molecule has 1 amide bonds. The van der Waals surface area contributed by atoms with Gasteiger partial charge in [0.2, 0.25) is 5.91 Å². The second-order valence-corrected chi connectivity index (χ2v) is 10.9. The van der Waals surface area contributed by atoms with Crippen LogP contribution in [0.15, 0.2) is 54.6 Å². The van der Waals surface area contributed by atoms with E-state index in [0.717, 1.165) is 11.6 Å². The maximum Gasteiger partial charge on any atom is 0.418 e. The van der Waals surface area contributed by atoms with E-state index in [9.17, 15) is 18.0 Å². The fourth-order valence-corrected chi connectivity index (χ4v) is 5.57. The van der Waals surface area contributed by atoms with Crippen molar-refractivity contribution in [2.45, 2.75) is 43.9 Å². The number of nitrogens with zero attached hydrogens (tertiary/aromatic N) is 2. The minimum Gasteiger partial charge on any atom is -0.497 e. The van der Waals surface area contributed by atoms with Crippen molar-refractivity contribution in [3.8, 4) is 11.5 Å². The molecule has 0 aliphatic carbocycles. The summed E-state index contributed by atoms with van der Waals surface area (Å²) in [5.41, 5.74) is 6.73. The molecular weight excluding hydrogens is 562 g/mol. The summed E-state index contributed by atoms with van der Waals surface area (Å²) in [5, 5.41) is 0.0200. The van der Waals surface area contributed by atoms with Crippen LogP contribution in [-0.2, 0) is 23.9 Å². The van der Waals surface area contributed by atoms with Crippen molar-refractivity contribution in [3.63, 3.8) is 0 Å². The summed E-state index contributed by atoms with van der Waals surface area (Å²) in [6.07, 6.45) is -3.24. The highest BCUT2D eigenvalue weighted by molar-refractivity contribution is 6.30. The zero-order chi connectivity index (χ0) is 29.4. The van der Waals surface area contributed by atoms with Crippen LogP contribution in [0.3, 0.4) is 0 Å². The highest BCUT2D eigenvalue weighted by Gasteiger charge is 2.38. The molecule has 1 saturated heterocycles. The zero-order valence-corrected chi connectivity index (χ0v) is 23.2. The number of halogens is 5. The summed E-state index contributed by atoms with van der Waals surface area (Å²) in [4.78, 5) is 15.9. The van der Waals surface area contributed by atoms with Gasteiger partial charge in [-0.1, -0.05) is 23.7 Å². The second-order valence-electron chi connectivity index (χ2n) is 10.5. The van der Waals surface area contributed by atoms with E-state index < -0.39 is 23.1 Å². The van der Waals surface area contributed by atoms with E-state index in [-0.39, 0.29) is 41.9 Å². The van der Waals surface area contributed by atoms with E-state index in [1.807, 2.05) is 12.1 Å². The number of anilines is 2. The lowest BCUT2D eigenvalue weighted by atomic mass is 9.89. The van der Waals surface area contributed by atoms with Crippen LogP contribution in [0.4, 0.5) is 28.9 Å². The van der Waals surface area contributed by atoms with Crippen LogP contribution in [0.25, 0.3) is 0 Å². The summed E-state index contributed by atoms with van der Waals surface area (Å²) in [7, 11) is 1.56. The number of alkyl halides is 3. The predicted octanol–water partition coefficient (Wildman–Crippen LogP) is 6.36. The Morgan fingerprint density at radius 2 is 1.73 bits per heavy atom. The molecule has 11 heteroatoms. The third kappa shape index (κ3) is 6.23. The Morgan fingerprint density at radius 3 is 2.39 bits per heavy atom. The van der Waals surface area contributed by atoms with Gasteiger partial charge in [0.1, 0.15) is 23.9 Å². The number of carbonyl (C=O) groups excluding carboxylic acids is 1. The van der Waals surface area contributed by atoms with Gasteiger partial charge in [-0.3, -0.25) is 4.79 Å². The topological polar surface area (TPSA) is 68.0 Å². The summed E-state index contributed by atoms with van der Waals surface area (Å²) in [6.45, 7) is 0.891. The summed E-state index contributed by atoms with van der Waals surface area (Å²) in [5.74, 6) is 0.412. The maximum atomic E-state index is 15.1. The van der Waals surface area contributed by atoms with Gasteiger partial charge in [-0.05, 0) is 67.3 Å². The van der Waals surface area contributed by atoms with Crippen LogP contribution in [-0.4, -0.2) is 38.3 Å². The number of methoxy groups -OCH3 is 1. The van der Waals surface area contributed by atoms with Crippen molar-refractivity contribution in [2.75, 3.05) is 36.6 Å². The van der Waals surface area contributed by atoms with E-state index in [1.165, 1.54) is 29.2 Å². The molecule has 2 aliphatic heterocycles. The molecule has 0 saturated carbocycles. The lowest BCUT2D eigenvalue weighted by molar-refractivity contribution is -0.137. The predicted molar refractivity (Wildman–Crippen MR) is 149 cm³/mol. The molecular formula is C30H30ClF4N3O3. The van der Waals surface area contributed by atoms with Crippen LogP contribution in [0.5, 0.6) is 11.5 Å². The molecule has 3 aromatic carbocycles. The van der Waals surface area contributed by atoms with E-state index in [0.29, 0.717) is 49.4 Å². The zero-order valence-electron chi connectivity index (χ0n) is 22.4. The van der Waals surface area contributed by atoms with Crippen molar-refractivity contribution in [1.82, 2.24) is 0 Å². The van der Waals surface area contributed by atoms with Crippen molar-refractivity contribution in [1.29, 1.82) is 0 Å². The Balaban J connectivity index is 1.29. The summed E-state index contributed by atoms with van der Waals surface area (Å²) in [6, 6.07) is 13.8. The number of carbonyl (C=O) groups is 1. The van der Waals surface area contributed by atoms with Crippen molar-refractivity contribution < 1.29 is 31.8 Å². The van der Waals surface area contributed by atoms with Gasteiger partial charge in [-0.25, -0.2) is 4.39 Å². The fraction of sp³-hybridized carbons (Fsp3) is 0.367. The number of nitrogens with two attached hydrogens (primary N) is 1. The SMILES string of the molecule is COc1ccc(CN2C(=O)CCc3c(OCC4(N)CCN(c5ccc(Cl)cc5C(F)(F)F)CC4)ccc(F)c32)cc1. The first-order valence-electron chi connectivity index (χ1n) is 13.3. The van der Waals surface area contributed by atoms with Gasteiger partial charge < -0.3 is 25.0 Å². The van der Waals surface area contributed by atoms with Crippen LogP contribution in [0.1, 0.15) is 36.0 Å². The number of fused-ring (bicyclic) bond motifs is 1. The molecule has 6 nitrogen and oxygen atoms in total. The highest BCUT2D eigenvalue weighted by atomic mass is 35.5. The highest BCUT2D eigenvalue weighted by Crippen LogP contribution is 2.41. The van der Waals surface area contributed by atoms with Crippen LogP contribution in [0, 0.1) is 5.82 Å². The van der Waals surface area contributed by atoms with Crippen LogP contribution in [0.2, 0.25) is 5.02 Å². The average Bonchev–Trinajstić information content (AvgIpc) is 2.94. The lowest BCUT2D eigenvalue weighted by Crippen LogP contribution is -2.54. The molecule has 0 radical (unpaired) electrons. The first-order chi connectivity index (χ1) is 19.5. The third-order valence-electron chi connectivity index (χ3n) is 7.73. The molecule has 1 fully saturated rings. The average molecular weight is 592 g/mol. The van der Waals surface area contributed by atoms with Crippen molar-refractivity contribution in [3.05, 3.63) is 82.1 Å². The fourth-order valence-electron chi connectivity index (χ4n) is 5.40. The van der Waals surface area contributed by atoms with E-state index >= 15 is 4.39 Å². The van der Waals surface area contributed by atoms with Gasteiger partial charge in [0.15, 0.2) is 0 Å². The Kier molecular flexibility index (Phi) is 8.07. The molecule has 2 N–H and O–H groups in total. The van der Waals surface area contributed by atoms with Gasteiger partial charge in [-0.2, -0.15) is 13.2 Å². The van der Waals surface area contributed by atoms with Crippen LogP contribution >= 0.6 is 11.6 Å². The number of ether oxygens (including phenoxy) is 2. The largest absolute Gasteiger partial charge is 0.497 e. The molecule has 2 heterocycles. The minimum atomic E-state index is -4.54. The number of hydrogen-bond donors (Lipinski definition) is 1. The third-order valence-corrected chi connectivity index (χ3v) is 7.96. The van der Waals surface area contributed by atoms with Crippen molar-refractivity contribution in [2.24, 2.45) is 5.73 Å². The van der Waals surface area contributed by atoms with E-state index in [2.05, 4.69) is 0 Å². The minimum absolute atomic E-state index is 0.0200. The summed E-state index contributed by atoms with van der Waals surface area (Å²) >= 11 is 5.83. The molecule has 5 rings (SSSR count). The normalized spacial score (nSPS) is 16.9. The molecule has 218 valence electrons. The summed E-state index contributed by atoms with van der Waals surface area (Å²) < 4.78 is 67.3. The number of rotatable bonds is 7. The second kappa shape index (κ2) is 11.4. The first kappa shape index (κ1) is 29.0. The smallest absolute Gasteiger partial charge is 0.418 e. The number of amides is 1. The molecule has 2 aliphatic rings. The number of hydrogen-bond acceptors (Lipinski definition) is 5.